The lowest BCUT2D eigenvalue weighted by Gasteiger charge is -2.53. The SMILES string of the molecule is C=CC(c1ccccc1)C(CC)(C(C)(N)N)[Si](OC)(OC)OC.Cl. The van der Waals surface area contributed by atoms with Crippen molar-refractivity contribution in [3.05, 3.63) is 48.6 Å². The maximum Gasteiger partial charge on any atom is 0.510 e. The van der Waals surface area contributed by atoms with Gasteiger partial charge in [-0.2, -0.15) is 0 Å². The molecule has 0 spiro atoms. The molecule has 2 atom stereocenters. The van der Waals surface area contributed by atoms with E-state index in [9.17, 15) is 0 Å². The van der Waals surface area contributed by atoms with Crippen LogP contribution >= 0.6 is 12.4 Å². The molecule has 0 aliphatic carbocycles. The fraction of sp³-hybridized carbons (Fsp3) is 0.529. The van der Waals surface area contributed by atoms with Gasteiger partial charge in [0.05, 0.1) is 10.7 Å². The molecule has 138 valence electrons. The Balaban J connectivity index is 0.00000529. The van der Waals surface area contributed by atoms with Crippen molar-refractivity contribution >= 4 is 21.2 Å². The van der Waals surface area contributed by atoms with E-state index in [0.29, 0.717) is 6.42 Å². The third-order valence-corrected chi connectivity index (χ3v) is 8.71. The fourth-order valence-electron chi connectivity index (χ4n) is 3.75. The molecule has 0 aliphatic heterocycles. The van der Waals surface area contributed by atoms with Crippen LogP contribution in [-0.2, 0) is 13.3 Å². The van der Waals surface area contributed by atoms with Gasteiger partial charge < -0.3 is 24.7 Å². The Labute approximate surface area is 153 Å². The lowest BCUT2D eigenvalue weighted by atomic mass is 9.76. The highest BCUT2D eigenvalue weighted by Crippen LogP contribution is 2.58. The molecule has 0 aromatic heterocycles. The first-order chi connectivity index (χ1) is 10.8. The molecule has 0 amide bonds. The van der Waals surface area contributed by atoms with Crippen LogP contribution in [0.4, 0.5) is 0 Å². The molecule has 0 bridgehead atoms. The fourth-order valence-corrected chi connectivity index (χ4v) is 7.10. The quantitative estimate of drug-likeness (QED) is 0.394. The first-order valence-corrected chi connectivity index (χ1v) is 9.43. The van der Waals surface area contributed by atoms with Gasteiger partial charge in [0.25, 0.3) is 0 Å². The summed E-state index contributed by atoms with van der Waals surface area (Å²) in [7, 11) is 1.53. The number of rotatable bonds is 9. The summed E-state index contributed by atoms with van der Waals surface area (Å²) >= 11 is 0. The molecule has 0 radical (unpaired) electrons. The molecule has 2 unspecified atom stereocenters. The number of halogens is 1. The Bertz CT molecular complexity index is 498. The topological polar surface area (TPSA) is 79.7 Å². The van der Waals surface area contributed by atoms with Crippen LogP contribution in [-0.4, -0.2) is 35.8 Å². The molecule has 0 fully saturated rings. The summed E-state index contributed by atoms with van der Waals surface area (Å²) in [4.78, 5) is 0. The molecule has 0 saturated heterocycles. The molecule has 24 heavy (non-hydrogen) atoms. The van der Waals surface area contributed by atoms with E-state index in [2.05, 4.69) is 6.58 Å². The van der Waals surface area contributed by atoms with Gasteiger partial charge in [-0.3, -0.25) is 0 Å². The van der Waals surface area contributed by atoms with Crippen molar-refractivity contribution in [1.82, 2.24) is 0 Å². The molecule has 4 N–H and O–H groups in total. The smallest absolute Gasteiger partial charge is 0.376 e. The Morgan fingerprint density at radius 1 is 1.12 bits per heavy atom. The second kappa shape index (κ2) is 9.10. The lowest BCUT2D eigenvalue weighted by Crippen LogP contribution is -2.71. The largest absolute Gasteiger partial charge is 0.510 e. The van der Waals surface area contributed by atoms with Crippen molar-refractivity contribution in [2.24, 2.45) is 11.5 Å². The van der Waals surface area contributed by atoms with Crippen molar-refractivity contribution in [2.45, 2.75) is 36.9 Å². The van der Waals surface area contributed by atoms with Crippen LogP contribution in [0.3, 0.4) is 0 Å². The highest BCUT2D eigenvalue weighted by atomic mass is 35.5. The molecule has 0 heterocycles. The maximum absolute atomic E-state index is 6.48. The second-order valence-corrected chi connectivity index (χ2v) is 9.13. The van der Waals surface area contributed by atoms with Gasteiger partial charge in [0, 0.05) is 27.2 Å². The van der Waals surface area contributed by atoms with Gasteiger partial charge >= 0.3 is 8.80 Å². The molecule has 0 saturated carbocycles. The zero-order valence-corrected chi connectivity index (χ0v) is 17.1. The minimum Gasteiger partial charge on any atom is -0.376 e. The van der Waals surface area contributed by atoms with E-state index in [0.717, 1.165) is 5.56 Å². The highest BCUT2D eigenvalue weighted by Gasteiger charge is 2.68. The zero-order valence-electron chi connectivity index (χ0n) is 15.2. The minimum atomic E-state index is -3.22. The monoisotopic (exact) mass is 374 g/mol. The maximum atomic E-state index is 6.48. The normalized spacial score (nSPS) is 16.0. The number of allylic oxidation sites excluding steroid dienone is 1. The van der Waals surface area contributed by atoms with Crippen molar-refractivity contribution in [3.63, 3.8) is 0 Å². The highest BCUT2D eigenvalue weighted by molar-refractivity contribution is 6.65. The van der Waals surface area contributed by atoms with Crippen LogP contribution in [0.25, 0.3) is 0 Å². The average molecular weight is 375 g/mol. The minimum absolute atomic E-state index is 0. The third-order valence-electron chi connectivity index (χ3n) is 4.80. The molecule has 1 rings (SSSR count). The summed E-state index contributed by atoms with van der Waals surface area (Å²) in [6.07, 6.45) is 2.47. The first-order valence-electron chi connectivity index (χ1n) is 7.70. The summed E-state index contributed by atoms with van der Waals surface area (Å²) in [6, 6.07) is 9.98. The molecule has 1 aromatic rings. The molecule has 1 aromatic carbocycles. The van der Waals surface area contributed by atoms with Crippen molar-refractivity contribution in [3.8, 4) is 0 Å². The van der Waals surface area contributed by atoms with Gasteiger partial charge in [0.2, 0.25) is 0 Å². The Morgan fingerprint density at radius 3 is 1.88 bits per heavy atom. The van der Waals surface area contributed by atoms with Crippen molar-refractivity contribution in [1.29, 1.82) is 0 Å². The van der Waals surface area contributed by atoms with Crippen LogP contribution in [0.15, 0.2) is 43.0 Å². The Morgan fingerprint density at radius 2 is 1.58 bits per heavy atom. The average Bonchev–Trinajstić information content (AvgIpc) is 2.55. The van der Waals surface area contributed by atoms with Gasteiger partial charge in [-0.15, -0.1) is 19.0 Å². The summed E-state index contributed by atoms with van der Waals surface area (Å²) in [5, 5.41) is -0.776. The molecule has 5 nitrogen and oxygen atoms in total. The summed E-state index contributed by atoms with van der Waals surface area (Å²) in [5.41, 5.74) is 12.9. The predicted octanol–water partition coefficient (Wildman–Crippen LogP) is 3.04. The van der Waals surface area contributed by atoms with Crippen LogP contribution in [0.2, 0.25) is 5.04 Å². The number of benzene rings is 1. The number of hydrogen-bond donors (Lipinski definition) is 2. The predicted molar refractivity (Wildman–Crippen MR) is 103 cm³/mol. The second-order valence-electron chi connectivity index (χ2n) is 5.90. The van der Waals surface area contributed by atoms with Gasteiger partial charge in [0.15, 0.2) is 0 Å². The van der Waals surface area contributed by atoms with E-state index in [1.54, 1.807) is 28.3 Å². The Kier molecular flexibility index (Phi) is 8.82. The van der Waals surface area contributed by atoms with Crippen LogP contribution in [0.5, 0.6) is 0 Å². The standard InChI is InChI=1S/C17H30N2O3Si.ClH/c1-7-15(14-12-10-9-11-13-14)17(8-2,16(3,18)19)23(20-4,21-5)22-6;/h7,9-13,15H,1,8,18-19H2,2-6H3;1H. The van der Waals surface area contributed by atoms with Crippen LogP contribution in [0, 0.1) is 0 Å². The van der Waals surface area contributed by atoms with E-state index >= 15 is 0 Å². The van der Waals surface area contributed by atoms with Gasteiger partial charge in [-0.25, -0.2) is 0 Å². The molecular formula is C17H31ClN2O3Si. The van der Waals surface area contributed by atoms with E-state index in [1.165, 1.54) is 0 Å². The van der Waals surface area contributed by atoms with Gasteiger partial charge in [-0.05, 0) is 18.9 Å². The summed E-state index contributed by atoms with van der Waals surface area (Å²) in [6.45, 7) is 7.84. The van der Waals surface area contributed by atoms with Crippen molar-refractivity contribution < 1.29 is 13.3 Å². The van der Waals surface area contributed by atoms with E-state index in [4.69, 9.17) is 24.7 Å². The molecule has 0 aliphatic rings. The van der Waals surface area contributed by atoms with E-state index in [-0.39, 0.29) is 18.3 Å². The van der Waals surface area contributed by atoms with Crippen molar-refractivity contribution in [2.75, 3.05) is 21.3 Å². The van der Waals surface area contributed by atoms with E-state index < -0.39 is 19.5 Å². The summed E-state index contributed by atoms with van der Waals surface area (Å²) < 4.78 is 17.4. The first kappa shape index (κ1) is 23.3. The van der Waals surface area contributed by atoms with Gasteiger partial charge in [0.1, 0.15) is 0 Å². The Hall–Kier alpha value is -0.733. The zero-order chi connectivity index (χ0) is 17.7. The lowest BCUT2D eigenvalue weighted by molar-refractivity contribution is 0.0581. The van der Waals surface area contributed by atoms with E-state index in [1.807, 2.05) is 43.3 Å². The van der Waals surface area contributed by atoms with Crippen LogP contribution < -0.4 is 11.5 Å². The molecular weight excluding hydrogens is 344 g/mol. The summed E-state index contributed by atoms with van der Waals surface area (Å²) in [5.74, 6) is -0.180. The van der Waals surface area contributed by atoms with Gasteiger partial charge in [-0.1, -0.05) is 43.3 Å². The molecule has 7 heteroatoms. The third kappa shape index (κ3) is 3.60. The number of nitrogens with two attached hydrogens (primary N) is 2. The van der Waals surface area contributed by atoms with Crippen LogP contribution in [0.1, 0.15) is 31.7 Å². The number of hydrogen-bond acceptors (Lipinski definition) is 5.